The number of carbonyl (C=O) groups is 4. The monoisotopic (exact) mass is 778 g/mol. The van der Waals surface area contributed by atoms with Crippen LogP contribution in [-0.2, 0) is 20.7 Å². The van der Waals surface area contributed by atoms with Crippen LogP contribution in [0, 0.1) is 18.8 Å². The predicted octanol–water partition coefficient (Wildman–Crippen LogP) is 4.82. The lowest BCUT2D eigenvalue weighted by Crippen LogP contribution is -2.55. The molecule has 0 bridgehead atoms. The number of benzene rings is 2. The third kappa shape index (κ3) is 10.5. The number of rotatable bonds is 10. The third-order valence-electron chi connectivity index (χ3n) is 10.5. The van der Waals surface area contributed by atoms with Gasteiger partial charge in [-0.3, -0.25) is 19.4 Å². The fourth-order valence-electron chi connectivity index (χ4n) is 7.70. The van der Waals surface area contributed by atoms with Crippen molar-refractivity contribution < 1.29 is 23.9 Å². The number of nitrogens with two attached hydrogens (primary N) is 1. The van der Waals surface area contributed by atoms with Gasteiger partial charge in [0.2, 0.25) is 11.7 Å². The van der Waals surface area contributed by atoms with Crippen LogP contribution in [-0.4, -0.2) is 97.7 Å². The number of ether oxygens (including phenoxy) is 1. The van der Waals surface area contributed by atoms with Gasteiger partial charge in [0.15, 0.2) is 0 Å². The highest BCUT2D eigenvalue weighted by Gasteiger charge is 2.36. The van der Waals surface area contributed by atoms with Crippen LogP contribution in [0.3, 0.4) is 0 Å². The fourth-order valence-corrected chi connectivity index (χ4v) is 7.70. The number of hydrogen-bond acceptors (Lipinski definition) is 11. The molecule has 4 aromatic rings. The lowest BCUT2D eigenvalue weighted by molar-refractivity contribution is -0.130. The number of piperazine rings is 1. The Morgan fingerprint density at radius 3 is 2.21 bits per heavy atom. The van der Waals surface area contributed by atoms with Gasteiger partial charge in [-0.25, -0.2) is 9.69 Å². The first-order valence-corrected chi connectivity index (χ1v) is 19.7. The van der Waals surface area contributed by atoms with Crippen LogP contribution in [0.1, 0.15) is 81.9 Å². The molecule has 1 saturated heterocycles. The highest BCUT2D eigenvalue weighted by Crippen LogP contribution is 2.32. The Morgan fingerprint density at radius 1 is 0.965 bits per heavy atom. The van der Waals surface area contributed by atoms with Gasteiger partial charge in [-0.1, -0.05) is 24.3 Å². The van der Waals surface area contributed by atoms with E-state index in [0.29, 0.717) is 68.1 Å². The Morgan fingerprint density at radius 2 is 1.61 bits per heavy atom. The molecule has 3 atom stereocenters. The number of amides is 4. The third-order valence-corrected chi connectivity index (χ3v) is 10.5. The van der Waals surface area contributed by atoms with Crippen LogP contribution in [0.5, 0.6) is 0 Å². The zero-order chi connectivity index (χ0) is 40.9. The van der Waals surface area contributed by atoms with E-state index >= 15 is 0 Å². The topological polar surface area (TPSA) is 201 Å². The number of pyridine rings is 1. The Bertz CT molecular complexity index is 2010. The summed E-state index contributed by atoms with van der Waals surface area (Å²) < 4.78 is 5.37. The molecule has 1 saturated carbocycles. The molecule has 302 valence electrons. The molecule has 2 aromatic carbocycles. The van der Waals surface area contributed by atoms with Gasteiger partial charge in [-0.05, 0) is 132 Å². The van der Waals surface area contributed by atoms with Crippen molar-refractivity contribution in [1.82, 2.24) is 41.1 Å². The minimum Gasteiger partial charge on any atom is -0.444 e. The molecule has 2 aliphatic rings. The van der Waals surface area contributed by atoms with E-state index in [9.17, 15) is 19.2 Å². The molecule has 4 amide bonds. The highest BCUT2D eigenvalue weighted by atomic mass is 16.6. The molecule has 15 nitrogen and oxygen atoms in total. The molecular formula is C42H54N10O5. The van der Waals surface area contributed by atoms with E-state index in [-0.39, 0.29) is 36.2 Å². The Kier molecular flexibility index (Phi) is 12.8. The van der Waals surface area contributed by atoms with E-state index in [1.165, 1.54) is 4.90 Å². The summed E-state index contributed by atoms with van der Waals surface area (Å²) >= 11 is 0. The highest BCUT2D eigenvalue weighted by molar-refractivity contribution is 6.17. The molecule has 2 aromatic heterocycles. The summed E-state index contributed by atoms with van der Waals surface area (Å²) in [5.74, 6) is -0.692. The second-order valence-corrected chi connectivity index (χ2v) is 16.5. The molecule has 1 aliphatic heterocycles. The maximum absolute atomic E-state index is 14.2. The van der Waals surface area contributed by atoms with Crippen LogP contribution >= 0.6 is 0 Å². The van der Waals surface area contributed by atoms with Gasteiger partial charge in [-0.2, -0.15) is 5.21 Å². The largest absolute Gasteiger partial charge is 0.444 e. The Balaban J connectivity index is 1.13. The van der Waals surface area contributed by atoms with E-state index in [1.807, 2.05) is 62.9 Å². The smallest absolute Gasteiger partial charge is 0.407 e. The van der Waals surface area contributed by atoms with Crippen molar-refractivity contribution in [2.45, 2.75) is 97.4 Å². The Hall–Kier alpha value is -5.54. The zero-order valence-corrected chi connectivity index (χ0v) is 33.6. The number of alkyl carbamates (subject to hydrolysis) is 1. The number of imide groups is 1. The van der Waals surface area contributed by atoms with Crippen molar-refractivity contribution in [1.29, 1.82) is 0 Å². The maximum Gasteiger partial charge on any atom is 0.407 e. The number of tetrazole rings is 1. The normalized spacial score (nSPS) is 20.4. The lowest BCUT2D eigenvalue weighted by atomic mass is 9.81. The number of anilines is 1. The summed E-state index contributed by atoms with van der Waals surface area (Å²) in [5, 5.41) is 20.4. The number of aromatic nitrogens is 5. The van der Waals surface area contributed by atoms with Gasteiger partial charge >= 0.3 is 6.09 Å². The van der Waals surface area contributed by atoms with E-state index in [2.05, 4.69) is 50.1 Å². The van der Waals surface area contributed by atoms with Crippen LogP contribution in [0.2, 0.25) is 0 Å². The number of H-pyrrole nitrogens is 1. The predicted molar refractivity (Wildman–Crippen MR) is 216 cm³/mol. The summed E-state index contributed by atoms with van der Waals surface area (Å²) in [5.41, 5.74) is 11.1. The standard InChI is InChI=1S/C42H54N10O5/c1-25-19-36(40(55)51-23-26(2)46-27(3)24-51)44-22-34(25)30-11-7-28(8-12-30)20-35(43)39(54)52(33-17-15-31(16-18-33)37-47-49-50-48-37)38(53)32-13-9-29(10-14-32)21-45-41(56)57-42(4,5)6/h7-8,11-12,15-19,22,26-27,29,32,35,46H,9-10,13-14,20-21,23-24,43H2,1-6H3,(H,45,56)(H,47,48,49,50)/t26?,27?,29?,32?,35-/m0/s1. The summed E-state index contributed by atoms with van der Waals surface area (Å²) in [6.45, 7) is 13.3. The number of nitrogens with one attached hydrogen (secondary N) is 3. The van der Waals surface area contributed by atoms with Gasteiger partial charge in [0.05, 0.1) is 11.7 Å². The van der Waals surface area contributed by atoms with Crippen molar-refractivity contribution in [3.63, 3.8) is 0 Å². The molecule has 6 rings (SSSR count). The minimum absolute atomic E-state index is 0.0745. The fraction of sp³-hybridized carbons (Fsp3) is 0.476. The minimum atomic E-state index is -1.00. The van der Waals surface area contributed by atoms with E-state index in [0.717, 1.165) is 22.3 Å². The molecule has 0 radical (unpaired) electrons. The molecule has 57 heavy (non-hydrogen) atoms. The van der Waals surface area contributed by atoms with E-state index < -0.39 is 29.6 Å². The molecular weight excluding hydrogens is 725 g/mol. The SMILES string of the molecule is Cc1cc(C(=O)N2CC(C)NC(C)C2)ncc1-c1ccc(C[C@H](N)C(=O)N(C(=O)C2CCC(CNC(=O)OC(C)(C)C)CC2)c2ccc(-c3nn[nH]n3)cc2)cc1. The molecule has 1 aliphatic carbocycles. The van der Waals surface area contributed by atoms with Gasteiger partial charge in [0.25, 0.3) is 11.8 Å². The second kappa shape index (κ2) is 17.7. The number of hydrogen-bond donors (Lipinski definition) is 4. The van der Waals surface area contributed by atoms with Gasteiger partial charge in [-0.15, -0.1) is 10.2 Å². The molecule has 5 N–H and O–H groups in total. The number of nitrogens with zero attached hydrogens (tertiary/aromatic N) is 6. The molecule has 2 unspecified atom stereocenters. The van der Waals surface area contributed by atoms with Crippen LogP contribution in [0.25, 0.3) is 22.5 Å². The van der Waals surface area contributed by atoms with Crippen molar-refractivity contribution in [2.24, 2.45) is 17.6 Å². The van der Waals surface area contributed by atoms with Crippen molar-refractivity contribution in [3.05, 3.63) is 77.6 Å². The van der Waals surface area contributed by atoms with Crippen LogP contribution < -0.4 is 21.3 Å². The number of aromatic amines is 1. The number of aryl methyl sites for hydroxylation is 1. The average Bonchev–Trinajstić information content (AvgIpc) is 3.72. The molecule has 3 heterocycles. The lowest BCUT2D eigenvalue weighted by Gasteiger charge is -2.36. The first-order chi connectivity index (χ1) is 27.1. The quantitative estimate of drug-likeness (QED) is 0.172. The summed E-state index contributed by atoms with van der Waals surface area (Å²) in [7, 11) is 0. The summed E-state index contributed by atoms with van der Waals surface area (Å²) in [6, 6.07) is 15.9. The second-order valence-electron chi connectivity index (χ2n) is 16.5. The average molecular weight is 779 g/mol. The van der Waals surface area contributed by atoms with Gasteiger partial charge in [0, 0.05) is 55.0 Å². The van der Waals surface area contributed by atoms with E-state index in [1.54, 1.807) is 30.5 Å². The molecule has 15 heteroatoms. The first kappa shape index (κ1) is 41.1. The van der Waals surface area contributed by atoms with Gasteiger partial charge < -0.3 is 26.0 Å². The maximum atomic E-state index is 14.2. The van der Waals surface area contributed by atoms with Crippen molar-refractivity contribution in [3.8, 4) is 22.5 Å². The van der Waals surface area contributed by atoms with Crippen molar-refractivity contribution >= 4 is 29.5 Å². The Labute approximate surface area is 333 Å². The van der Waals surface area contributed by atoms with Crippen LogP contribution in [0.4, 0.5) is 10.5 Å². The molecule has 0 spiro atoms. The summed E-state index contributed by atoms with van der Waals surface area (Å²) in [4.78, 5) is 61.5. The number of carbonyl (C=O) groups excluding carboxylic acids is 4. The first-order valence-electron chi connectivity index (χ1n) is 19.7. The van der Waals surface area contributed by atoms with Crippen molar-refractivity contribution in [2.75, 3.05) is 24.5 Å². The summed E-state index contributed by atoms with van der Waals surface area (Å²) in [6.07, 6.45) is 4.05. The van der Waals surface area contributed by atoms with Crippen LogP contribution in [0.15, 0.2) is 60.8 Å². The zero-order valence-electron chi connectivity index (χ0n) is 33.6. The van der Waals surface area contributed by atoms with E-state index in [4.69, 9.17) is 10.5 Å². The molecule has 2 fully saturated rings. The van der Waals surface area contributed by atoms with Gasteiger partial charge in [0.1, 0.15) is 11.3 Å².